The lowest BCUT2D eigenvalue weighted by molar-refractivity contribution is -0.113. The van der Waals surface area contributed by atoms with Gasteiger partial charge in [0, 0.05) is 26.2 Å². The van der Waals surface area contributed by atoms with E-state index in [9.17, 15) is 18.8 Å². The molecule has 0 heterocycles. The Kier molecular flexibility index (Phi) is 9.24. The average Bonchev–Trinajstić information content (AvgIpc) is 2.93. The van der Waals surface area contributed by atoms with Crippen LogP contribution in [0.3, 0.4) is 0 Å². The molecule has 0 bridgehead atoms. The SMILES string of the molecule is O=C(Nc1ccc(SCC(=O)c2ccc(F)cc2)cc1)/C(=C/c1cccc(Br)c1)NC(=O)c1ccccc1. The number of carbonyl (C=O) groups is 3. The summed E-state index contributed by atoms with van der Waals surface area (Å²) in [4.78, 5) is 39.1. The van der Waals surface area contributed by atoms with Crippen LogP contribution in [0, 0.1) is 5.82 Å². The van der Waals surface area contributed by atoms with Crippen molar-refractivity contribution >= 4 is 57.1 Å². The number of benzene rings is 4. The first-order valence-corrected chi connectivity index (χ1v) is 13.3. The molecule has 0 fully saturated rings. The minimum atomic E-state index is -0.485. The van der Waals surface area contributed by atoms with Crippen molar-refractivity contribution < 1.29 is 18.8 Å². The van der Waals surface area contributed by atoms with Crippen LogP contribution in [0.15, 0.2) is 118 Å². The Morgan fingerprint density at radius 2 is 1.53 bits per heavy atom. The van der Waals surface area contributed by atoms with Crippen molar-refractivity contribution in [1.82, 2.24) is 5.32 Å². The fourth-order valence-electron chi connectivity index (χ4n) is 3.41. The largest absolute Gasteiger partial charge is 0.321 e. The third kappa shape index (κ3) is 7.74. The predicted octanol–water partition coefficient (Wildman–Crippen LogP) is 6.97. The molecule has 4 aromatic rings. The minimum Gasteiger partial charge on any atom is -0.321 e. The lowest BCUT2D eigenvalue weighted by Gasteiger charge is -2.12. The van der Waals surface area contributed by atoms with Crippen molar-refractivity contribution in [2.45, 2.75) is 4.90 Å². The van der Waals surface area contributed by atoms with Gasteiger partial charge >= 0.3 is 0 Å². The van der Waals surface area contributed by atoms with Crippen molar-refractivity contribution in [3.63, 3.8) is 0 Å². The van der Waals surface area contributed by atoms with Gasteiger partial charge in [0.25, 0.3) is 11.8 Å². The van der Waals surface area contributed by atoms with E-state index in [1.165, 1.54) is 36.0 Å². The van der Waals surface area contributed by atoms with E-state index in [2.05, 4.69) is 26.6 Å². The molecule has 0 aliphatic carbocycles. The van der Waals surface area contributed by atoms with Gasteiger partial charge in [-0.15, -0.1) is 11.8 Å². The molecule has 0 aliphatic heterocycles. The summed E-state index contributed by atoms with van der Waals surface area (Å²) in [5, 5.41) is 5.53. The van der Waals surface area contributed by atoms with Gasteiger partial charge in [-0.05, 0) is 84.4 Å². The highest BCUT2D eigenvalue weighted by Gasteiger charge is 2.15. The summed E-state index contributed by atoms with van der Waals surface area (Å²) >= 11 is 4.76. The monoisotopic (exact) mass is 588 g/mol. The predicted molar refractivity (Wildman–Crippen MR) is 153 cm³/mol. The van der Waals surface area contributed by atoms with E-state index < -0.39 is 11.8 Å². The van der Waals surface area contributed by atoms with Gasteiger partial charge in [0.1, 0.15) is 11.5 Å². The molecule has 0 atom stereocenters. The topological polar surface area (TPSA) is 75.3 Å². The quantitative estimate of drug-likeness (QED) is 0.126. The van der Waals surface area contributed by atoms with Crippen LogP contribution in [-0.2, 0) is 4.79 Å². The molecular formula is C30H22BrFN2O3S. The Labute approximate surface area is 232 Å². The Hall–Kier alpha value is -4.01. The smallest absolute Gasteiger partial charge is 0.272 e. The fourth-order valence-corrected chi connectivity index (χ4v) is 4.62. The molecule has 38 heavy (non-hydrogen) atoms. The Bertz CT molecular complexity index is 1470. The van der Waals surface area contributed by atoms with Crippen molar-refractivity contribution in [3.8, 4) is 0 Å². The van der Waals surface area contributed by atoms with Crippen LogP contribution in [0.4, 0.5) is 10.1 Å². The Balaban J connectivity index is 1.44. The van der Waals surface area contributed by atoms with Gasteiger partial charge in [-0.25, -0.2) is 4.39 Å². The Morgan fingerprint density at radius 3 is 2.21 bits per heavy atom. The molecule has 0 aliphatic rings. The second-order valence-electron chi connectivity index (χ2n) is 8.13. The molecule has 190 valence electrons. The summed E-state index contributed by atoms with van der Waals surface area (Å²) in [6.45, 7) is 0. The van der Waals surface area contributed by atoms with Gasteiger partial charge in [-0.2, -0.15) is 0 Å². The molecule has 0 aromatic heterocycles. The third-order valence-electron chi connectivity index (χ3n) is 5.34. The summed E-state index contributed by atoms with van der Waals surface area (Å²) in [6.07, 6.45) is 1.60. The molecule has 0 spiro atoms. The zero-order valence-corrected chi connectivity index (χ0v) is 22.4. The summed E-state index contributed by atoms with van der Waals surface area (Å²) in [7, 11) is 0. The highest BCUT2D eigenvalue weighted by Crippen LogP contribution is 2.22. The molecule has 4 rings (SSSR count). The molecule has 0 radical (unpaired) electrons. The van der Waals surface area contributed by atoms with Crippen molar-refractivity contribution in [1.29, 1.82) is 0 Å². The summed E-state index contributed by atoms with van der Waals surface area (Å²) in [5.41, 5.74) is 2.22. The maximum atomic E-state index is 13.2. The zero-order valence-electron chi connectivity index (χ0n) is 20.0. The third-order valence-corrected chi connectivity index (χ3v) is 6.84. The van der Waals surface area contributed by atoms with E-state index in [0.717, 1.165) is 14.9 Å². The van der Waals surface area contributed by atoms with Crippen LogP contribution in [0.5, 0.6) is 0 Å². The maximum absolute atomic E-state index is 13.2. The van der Waals surface area contributed by atoms with Gasteiger partial charge in [0.15, 0.2) is 5.78 Å². The molecular weight excluding hydrogens is 567 g/mol. The highest BCUT2D eigenvalue weighted by atomic mass is 79.9. The first kappa shape index (κ1) is 27.0. The molecule has 0 saturated heterocycles. The average molecular weight is 589 g/mol. The number of rotatable bonds is 9. The lowest BCUT2D eigenvalue weighted by Crippen LogP contribution is -2.30. The van der Waals surface area contributed by atoms with E-state index in [0.29, 0.717) is 16.8 Å². The van der Waals surface area contributed by atoms with Crippen LogP contribution < -0.4 is 10.6 Å². The zero-order chi connectivity index (χ0) is 26.9. The molecule has 4 aromatic carbocycles. The molecule has 2 amide bonds. The lowest BCUT2D eigenvalue weighted by atomic mass is 10.1. The fraction of sp³-hybridized carbons (Fsp3) is 0.0333. The van der Waals surface area contributed by atoms with E-state index in [4.69, 9.17) is 0 Å². The molecule has 0 unspecified atom stereocenters. The number of amides is 2. The number of thioether (sulfide) groups is 1. The van der Waals surface area contributed by atoms with E-state index in [-0.39, 0.29) is 23.1 Å². The van der Waals surface area contributed by atoms with Gasteiger partial charge < -0.3 is 10.6 Å². The van der Waals surface area contributed by atoms with Gasteiger partial charge in [0.05, 0.1) is 5.75 Å². The van der Waals surface area contributed by atoms with Gasteiger partial charge in [0.2, 0.25) is 0 Å². The number of hydrogen-bond acceptors (Lipinski definition) is 4. The summed E-state index contributed by atoms with van der Waals surface area (Å²) in [6, 6.07) is 28.5. The van der Waals surface area contributed by atoms with Crippen LogP contribution in [0.25, 0.3) is 6.08 Å². The number of Topliss-reactive ketones (excluding diaryl/α,β-unsaturated/α-hetero) is 1. The van der Waals surface area contributed by atoms with Gasteiger partial charge in [-0.3, -0.25) is 14.4 Å². The molecule has 0 saturated carbocycles. The summed E-state index contributed by atoms with van der Waals surface area (Å²) in [5.74, 6) is -1.19. The Morgan fingerprint density at radius 1 is 0.816 bits per heavy atom. The molecule has 2 N–H and O–H groups in total. The first-order chi connectivity index (χ1) is 18.4. The second kappa shape index (κ2) is 13.0. The maximum Gasteiger partial charge on any atom is 0.272 e. The van der Waals surface area contributed by atoms with Crippen molar-refractivity contribution in [2.24, 2.45) is 0 Å². The van der Waals surface area contributed by atoms with Crippen molar-refractivity contribution in [3.05, 3.63) is 136 Å². The standard InChI is InChI=1S/C30H22BrFN2O3S/c31-23-8-4-5-20(17-23)18-27(34-29(36)22-6-2-1-3-7-22)30(37)33-25-13-15-26(16-14-25)38-19-28(35)21-9-11-24(32)12-10-21/h1-18H,19H2,(H,33,37)(H,34,36)/b27-18-. The molecule has 5 nitrogen and oxygen atoms in total. The van der Waals surface area contributed by atoms with E-state index in [1.54, 1.807) is 54.6 Å². The van der Waals surface area contributed by atoms with Crippen LogP contribution >= 0.6 is 27.7 Å². The van der Waals surface area contributed by atoms with Gasteiger partial charge in [-0.1, -0.05) is 46.3 Å². The number of ketones is 1. The van der Waals surface area contributed by atoms with Crippen LogP contribution in [0.2, 0.25) is 0 Å². The minimum absolute atomic E-state index is 0.0836. The summed E-state index contributed by atoms with van der Waals surface area (Å²) < 4.78 is 13.9. The van der Waals surface area contributed by atoms with E-state index >= 15 is 0 Å². The number of halogens is 2. The van der Waals surface area contributed by atoms with E-state index in [1.807, 2.05) is 30.3 Å². The molecule has 8 heteroatoms. The number of anilines is 1. The number of nitrogens with one attached hydrogen (secondary N) is 2. The second-order valence-corrected chi connectivity index (χ2v) is 10.1. The highest BCUT2D eigenvalue weighted by molar-refractivity contribution is 9.10. The number of carbonyl (C=O) groups excluding carboxylic acids is 3. The number of hydrogen-bond donors (Lipinski definition) is 2. The van der Waals surface area contributed by atoms with Crippen molar-refractivity contribution in [2.75, 3.05) is 11.1 Å². The first-order valence-electron chi connectivity index (χ1n) is 11.5. The van der Waals surface area contributed by atoms with Crippen LogP contribution in [0.1, 0.15) is 26.3 Å². The normalized spacial score (nSPS) is 11.1. The van der Waals surface area contributed by atoms with Crippen LogP contribution in [-0.4, -0.2) is 23.4 Å².